The Labute approximate surface area is 79.9 Å². The molecule has 0 aliphatic heterocycles. The first-order chi connectivity index (χ1) is 5.13. The van der Waals surface area contributed by atoms with Gasteiger partial charge in [-0.1, -0.05) is 12.1 Å². The number of benzene rings is 1. The van der Waals surface area contributed by atoms with E-state index in [4.69, 9.17) is 0 Å². The second-order valence-corrected chi connectivity index (χ2v) is 3.63. The van der Waals surface area contributed by atoms with Crippen LogP contribution < -0.4 is 0 Å². The molecule has 0 radical (unpaired) electrons. The number of rotatable bonds is 1. The van der Waals surface area contributed by atoms with Crippen LogP contribution in [0.4, 0.5) is 0 Å². The van der Waals surface area contributed by atoms with Gasteiger partial charge in [-0.25, -0.2) is 0 Å². The summed E-state index contributed by atoms with van der Waals surface area (Å²) in [5.74, 6) is 0.140. The molecular formula is C9H9IO. The zero-order chi connectivity index (χ0) is 8.43. The molecule has 1 aromatic carbocycles. The quantitative estimate of drug-likeness (QED) is 0.560. The smallest absolute Gasteiger partial charge is 0.160 e. The topological polar surface area (TPSA) is 17.1 Å². The van der Waals surface area contributed by atoms with Gasteiger partial charge in [-0.3, -0.25) is 4.79 Å². The highest BCUT2D eigenvalue weighted by Crippen LogP contribution is 2.15. The van der Waals surface area contributed by atoms with Gasteiger partial charge >= 0.3 is 0 Å². The van der Waals surface area contributed by atoms with Crippen LogP contribution in [0.15, 0.2) is 18.2 Å². The van der Waals surface area contributed by atoms with Crippen molar-refractivity contribution in [1.82, 2.24) is 0 Å². The molecule has 0 bridgehead atoms. The monoisotopic (exact) mass is 260 g/mol. The first-order valence-electron chi connectivity index (χ1n) is 3.39. The molecule has 2 heteroatoms. The van der Waals surface area contributed by atoms with Gasteiger partial charge < -0.3 is 0 Å². The van der Waals surface area contributed by atoms with Crippen LogP contribution in [0.2, 0.25) is 0 Å². The second-order valence-electron chi connectivity index (χ2n) is 2.47. The van der Waals surface area contributed by atoms with Gasteiger partial charge in [-0.05, 0) is 48.1 Å². The largest absolute Gasteiger partial charge is 0.295 e. The molecule has 0 saturated heterocycles. The standard InChI is InChI=1S/C9H9IO/c1-6-8(7(2)11)4-3-5-9(6)10/h3-5H,1-2H3. The molecule has 11 heavy (non-hydrogen) atoms. The predicted octanol–water partition coefficient (Wildman–Crippen LogP) is 2.80. The van der Waals surface area contributed by atoms with Crippen molar-refractivity contribution in [2.75, 3.05) is 0 Å². The first kappa shape index (κ1) is 8.71. The Morgan fingerprint density at radius 2 is 2.09 bits per heavy atom. The van der Waals surface area contributed by atoms with E-state index in [0.29, 0.717) is 0 Å². The summed E-state index contributed by atoms with van der Waals surface area (Å²) in [6.07, 6.45) is 0. The van der Waals surface area contributed by atoms with E-state index in [1.165, 1.54) is 0 Å². The van der Waals surface area contributed by atoms with E-state index in [2.05, 4.69) is 22.6 Å². The normalized spacial score (nSPS) is 9.73. The van der Waals surface area contributed by atoms with Gasteiger partial charge in [0.1, 0.15) is 0 Å². The molecule has 0 saturated carbocycles. The van der Waals surface area contributed by atoms with Crippen LogP contribution in [0, 0.1) is 10.5 Å². The van der Waals surface area contributed by atoms with Gasteiger partial charge in [0.25, 0.3) is 0 Å². The lowest BCUT2D eigenvalue weighted by molar-refractivity contribution is 0.101. The average Bonchev–Trinajstić information content (AvgIpc) is 1.94. The molecule has 0 amide bonds. The van der Waals surface area contributed by atoms with E-state index in [-0.39, 0.29) is 5.78 Å². The SMILES string of the molecule is CC(=O)c1cccc(I)c1C. The molecule has 58 valence electrons. The van der Waals surface area contributed by atoms with Gasteiger partial charge in [0, 0.05) is 9.13 Å². The Hall–Kier alpha value is -0.380. The maximum Gasteiger partial charge on any atom is 0.160 e. The van der Waals surface area contributed by atoms with Crippen LogP contribution in [-0.4, -0.2) is 5.78 Å². The summed E-state index contributed by atoms with van der Waals surface area (Å²) in [4.78, 5) is 11.0. The lowest BCUT2D eigenvalue weighted by Crippen LogP contribution is -1.96. The zero-order valence-corrected chi connectivity index (χ0v) is 8.68. The summed E-state index contributed by atoms with van der Waals surface area (Å²) in [6.45, 7) is 3.57. The highest BCUT2D eigenvalue weighted by molar-refractivity contribution is 14.1. The fourth-order valence-electron chi connectivity index (χ4n) is 0.989. The molecule has 0 N–H and O–H groups in total. The fourth-order valence-corrected chi connectivity index (χ4v) is 1.49. The maximum absolute atomic E-state index is 11.0. The Kier molecular flexibility index (Phi) is 2.65. The molecule has 0 heterocycles. The van der Waals surface area contributed by atoms with Crippen molar-refractivity contribution in [1.29, 1.82) is 0 Å². The van der Waals surface area contributed by atoms with Crippen LogP contribution >= 0.6 is 22.6 Å². The molecule has 1 aromatic rings. The van der Waals surface area contributed by atoms with E-state index in [9.17, 15) is 4.79 Å². The minimum absolute atomic E-state index is 0.140. The number of hydrogen-bond donors (Lipinski definition) is 0. The molecule has 0 aliphatic carbocycles. The third kappa shape index (κ3) is 1.80. The number of ketones is 1. The van der Waals surface area contributed by atoms with Crippen LogP contribution in [-0.2, 0) is 0 Å². The van der Waals surface area contributed by atoms with E-state index in [0.717, 1.165) is 14.7 Å². The summed E-state index contributed by atoms with van der Waals surface area (Å²) in [5, 5.41) is 0. The Morgan fingerprint density at radius 3 is 2.55 bits per heavy atom. The third-order valence-corrected chi connectivity index (χ3v) is 2.82. The summed E-state index contributed by atoms with van der Waals surface area (Å²) >= 11 is 2.23. The molecule has 0 fully saturated rings. The summed E-state index contributed by atoms with van der Waals surface area (Å²) in [5.41, 5.74) is 1.91. The first-order valence-corrected chi connectivity index (χ1v) is 4.47. The van der Waals surface area contributed by atoms with Crippen molar-refractivity contribution in [2.24, 2.45) is 0 Å². The minimum atomic E-state index is 0.140. The van der Waals surface area contributed by atoms with Crippen molar-refractivity contribution in [2.45, 2.75) is 13.8 Å². The fraction of sp³-hybridized carbons (Fsp3) is 0.222. The van der Waals surface area contributed by atoms with Crippen molar-refractivity contribution >= 4 is 28.4 Å². The van der Waals surface area contributed by atoms with Gasteiger partial charge in [0.2, 0.25) is 0 Å². The molecule has 0 unspecified atom stereocenters. The van der Waals surface area contributed by atoms with Gasteiger partial charge in [-0.2, -0.15) is 0 Å². The van der Waals surface area contributed by atoms with Crippen molar-refractivity contribution in [3.8, 4) is 0 Å². The number of carbonyl (C=O) groups excluding carboxylic acids is 1. The Morgan fingerprint density at radius 1 is 1.45 bits per heavy atom. The molecule has 0 spiro atoms. The van der Waals surface area contributed by atoms with E-state index in [1.807, 2.05) is 25.1 Å². The van der Waals surface area contributed by atoms with Gasteiger partial charge in [0.15, 0.2) is 5.78 Å². The Bertz CT molecular complexity index is 292. The summed E-state index contributed by atoms with van der Waals surface area (Å²) in [6, 6.07) is 5.77. The Balaban J connectivity index is 3.27. The number of Topliss-reactive ketones (excluding diaryl/α,β-unsaturated/α-hetero) is 1. The van der Waals surface area contributed by atoms with E-state index in [1.54, 1.807) is 6.92 Å². The number of carbonyl (C=O) groups is 1. The molecule has 1 nitrogen and oxygen atoms in total. The van der Waals surface area contributed by atoms with Crippen LogP contribution in [0.1, 0.15) is 22.8 Å². The number of hydrogen-bond acceptors (Lipinski definition) is 1. The van der Waals surface area contributed by atoms with Crippen molar-refractivity contribution in [3.05, 3.63) is 32.9 Å². The van der Waals surface area contributed by atoms with Crippen LogP contribution in [0.5, 0.6) is 0 Å². The molecule has 0 aromatic heterocycles. The van der Waals surface area contributed by atoms with E-state index >= 15 is 0 Å². The zero-order valence-electron chi connectivity index (χ0n) is 6.52. The van der Waals surface area contributed by atoms with E-state index < -0.39 is 0 Å². The second kappa shape index (κ2) is 3.34. The lowest BCUT2D eigenvalue weighted by atomic mass is 10.1. The lowest BCUT2D eigenvalue weighted by Gasteiger charge is -2.02. The third-order valence-electron chi connectivity index (χ3n) is 1.65. The molecule has 0 atom stereocenters. The van der Waals surface area contributed by atoms with Crippen LogP contribution in [0.25, 0.3) is 0 Å². The minimum Gasteiger partial charge on any atom is -0.295 e. The average molecular weight is 260 g/mol. The molecular weight excluding hydrogens is 251 g/mol. The van der Waals surface area contributed by atoms with Gasteiger partial charge in [-0.15, -0.1) is 0 Å². The van der Waals surface area contributed by atoms with Crippen LogP contribution in [0.3, 0.4) is 0 Å². The predicted molar refractivity (Wildman–Crippen MR) is 53.9 cm³/mol. The molecule has 0 aliphatic rings. The summed E-state index contributed by atoms with van der Waals surface area (Å²) in [7, 11) is 0. The highest BCUT2D eigenvalue weighted by atomic mass is 127. The van der Waals surface area contributed by atoms with Gasteiger partial charge in [0.05, 0.1) is 0 Å². The maximum atomic E-state index is 11.0. The van der Waals surface area contributed by atoms with Crippen molar-refractivity contribution < 1.29 is 4.79 Å². The number of halogens is 1. The highest BCUT2D eigenvalue weighted by Gasteiger charge is 2.04. The molecule has 1 rings (SSSR count). The summed E-state index contributed by atoms with van der Waals surface area (Å²) < 4.78 is 1.15. The van der Waals surface area contributed by atoms with Crippen molar-refractivity contribution in [3.63, 3.8) is 0 Å².